The molecule has 0 spiro atoms. The predicted molar refractivity (Wildman–Crippen MR) is 58.8 cm³/mol. The SMILES string of the molecule is COCCC(N)CN1CC2CCC(C1)O2. The maximum absolute atomic E-state index is 6.04. The highest BCUT2D eigenvalue weighted by atomic mass is 16.5. The zero-order chi connectivity index (χ0) is 10.7. The fourth-order valence-electron chi connectivity index (χ4n) is 2.54. The van der Waals surface area contributed by atoms with E-state index in [1.807, 2.05) is 0 Å². The Bertz CT molecular complexity index is 189. The number of rotatable bonds is 5. The number of methoxy groups -OCH3 is 1. The molecule has 0 aromatic rings. The quantitative estimate of drug-likeness (QED) is 0.711. The van der Waals surface area contributed by atoms with Gasteiger partial charge in [0.05, 0.1) is 12.2 Å². The Morgan fingerprint density at radius 1 is 1.40 bits per heavy atom. The molecule has 0 amide bonds. The molecule has 0 saturated carbocycles. The van der Waals surface area contributed by atoms with Crippen LogP contribution in [0.4, 0.5) is 0 Å². The Balaban J connectivity index is 1.70. The van der Waals surface area contributed by atoms with Crippen LogP contribution in [0.3, 0.4) is 0 Å². The van der Waals surface area contributed by atoms with Crippen molar-refractivity contribution in [2.45, 2.75) is 37.5 Å². The summed E-state index contributed by atoms with van der Waals surface area (Å²) in [5.41, 5.74) is 6.04. The number of hydrogen-bond acceptors (Lipinski definition) is 4. The number of nitrogens with zero attached hydrogens (tertiary/aromatic N) is 1. The van der Waals surface area contributed by atoms with E-state index in [0.29, 0.717) is 12.2 Å². The summed E-state index contributed by atoms with van der Waals surface area (Å²) in [6.45, 7) is 3.88. The molecule has 2 aliphatic heterocycles. The minimum Gasteiger partial charge on any atom is -0.385 e. The minimum atomic E-state index is 0.238. The van der Waals surface area contributed by atoms with Crippen molar-refractivity contribution in [1.29, 1.82) is 0 Å². The second-order valence-electron chi connectivity index (χ2n) is 4.72. The van der Waals surface area contributed by atoms with E-state index in [4.69, 9.17) is 15.2 Å². The first-order valence-electron chi connectivity index (χ1n) is 5.90. The molecule has 0 aliphatic carbocycles. The molecule has 2 heterocycles. The van der Waals surface area contributed by atoms with Crippen molar-refractivity contribution in [2.24, 2.45) is 5.73 Å². The van der Waals surface area contributed by atoms with Crippen molar-refractivity contribution in [3.8, 4) is 0 Å². The molecule has 0 radical (unpaired) electrons. The lowest BCUT2D eigenvalue weighted by atomic mass is 10.2. The third-order valence-corrected chi connectivity index (χ3v) is 3.30. The van der Waals surface area contributed by atoms with Crippen LogP contribution in [0.25, 0.3) is 0 Å². The summed E-state index contributed by atoms with van der Waals surface area (Å²) in [6, 6.07) is 0.238. The monoisotopic (exact) mass is 214 g/mol. The van der Waals surface area contributed by atoms with Gasteiger partial charge in [0.25, 0.3) is 0 Å². The van der Waals surface area contributed by atoms with Gasteiger partial charge in [-0.2, -0.15) is 0 Å². The molecule has 4 nitrogen and oxygen atoms in total. The van der Waals surface area contributed by atoms with Gasteiger partial charge in [-0.3, -0.25) is 4.90 Å². The second-order valence-corrected chi connectivity index (χ2v) is 4.72. The molecule has 2 fully saturated rings. The van der Waals surface area contributed by atoms with Gasteiger partial charge < -0.3 is 15.2 Å². The van der Waals surface area contributed by atoms with Crippen molar-refractivity contribution < 1.29 is 9.47 Å². The Morgan fingerprint density at radius 2 is 2.07 bits per heavy atom. The van der Waals surface area contributed by atoms with Crippen LogP contribution in [0.2, 0.25) is 0 Å². The molecule has 2 N–H and O–H groups in total. The number of nitrogens with two attached hydrogens (primary N) is 1. The van der Waals surface area contributed by atoms with Crippen molar-refractivity contribution >= 4 is 0 Å². The normalized spacial score (nSPS) is 33.2. The lowest BCUT2D eigenvalue weighted by Gasteiger charge is -2.33. The highest BCUT2D eigenvalue weighted by Crippen LogP contribution is 2.26. The number of morpholine rings is 1. The van der Waals surface area contributed by atoms with E-state index in [-0.39, 0.29) is 6.04 Å². The average Bonchev–Trinajstić information content (AvgIpc) is 2.55. The summed E-state index contributed by atoms with van der Waals surface area (Å²) in [7, 11) is 1.72. The molecule has 2 rings (SSSR count). The zero-order valence-corrected chi connectivity index (χ0v) is 9.52. The molecule has 0 aromatic heterocycles. The number of likely N-dealkylation sites (tertiary alicyclic amines) is 1. The third kappa shape index (κ3) is 3.14. The fraction of sp³-hybridized carbons (Fsp3) is 1.00. The lowest BCUT2D eigenvalue weighted by Crippen LogP contribution is -2.47. The van der Waals surface area contributed by atoms with Crippen LogP contribution in [0.1, 0.15) is 19.3 Å². The van der Waals surface area contributed by atoms with Gasteiger partial charge in [0.15, 0.2) is 0 Å². The molecular weight excluding hydrogens is 192 g/mol. The van der Waals surface area contributed by atoms with Crippen molar-refractivity contribution in [3.05, 3.63) is 0 Å². The van der Waals surface area contributed by atoms with Crippen LogP contribution in [0.5, 0.6) is 0 Å². The van der Waals surface area contributed by atoms with E-state index in [1.165, 1.54) is 12.8 Å². The summed E-state index contributed by atoms with van der Waals surface area (Å²) in [5.74, 6) is 0. The minimum absolute atomic E-state index is 0.238. The van der Waals surface area contributed by atoms with Gasteiger partial charge in [-0.05, 0) is 19.3 Å². The van der Waals surface area contributed by atoms with Gasteiger partial charge in [-0.1, -0.05) is 0 Å². The topological polar surface area (TPSA) is 47.7 Å². The van der Waals surface area contributed by atoms with E-state index >= 15 is 0 Å². The Morgan fingerprint density at radius 3 is 2.67 bits per heavy atom. The molecule has 2 saturated heterocycles. The molecule has 3 unspecified atom stereocenters. The van der Waals surface area contributed by atoms with Crippen LogP contribution in [0.15, 0.2) is 0 Å². The largest absolute Gasteiger partial charge is 0.385 e. The van der Waals surface area contributed by atoms with Crippen LogP contribution < -0.4 is 5.73 Å². The van der Waals surface area contributed by atoms with Crippen LogP contribution in [0, 0.1) is 0 Å². The number of hydrogen-bond donors (Lipinski definition) is 1. The second kappa shape index (κ2) is 5.25. The summed E-state index contributed by atoms with van der Waals surface area (Å²) in [6.07, 6.45) is 4.35. The van der Waals surface area contributed by atoms with Crippen LogP contribution in [-0.2, 0) is 9.47 Å². The van der Waals surface area contributed by atoms with E-state index in [0.717, 1.165) is 32.7 Å². The maximum atomic E-state index is 6.04. The summed E-state index contributed by atoms with van der Waals surface area (Å²) in [5, 5.41) is 0. The molecule has 3 atom stereocenters. The van der Waals surface area contributed by atoms with Gasteiger partial charge in [-0.25, -0.2) is 0 Å². The highest BCUT2D eigenvalue weighted by Gasteiger charge is 2.33. The smallest absolute Gasteiger partial charge is 0.0707 e. The van der Waals surface area contributed by atoms with E-state index in [2.05, 4.69) is 4.90 Å². The van der Waals surface area contributed by atoms with Crippen LogP contribution >= 0.6 is 0 Å². The van der Waals surface area contributed by atoms with Crippen LogP contribution in [-0.4, -0.2) is 56.5 Å². The molecular formula is C11H22N2O2. The van der Waals surface area contributed by atoms with Gasteiger partial charge in [0.1, 0.15) is 0 Å². The maximum Gasteiger partial charge on any atom is 0.0707 e. The zero-order valence-electron chi connectivity index (χ0n) is 9.52. The first kappa shape index (κ1) is 11.3. The lowest BCUT2D eigenvalue weighted by molar-refractivity contribution is -0.0402. The van der Waals surface area contributed by atoms with Crippen molar-refractivity contribution in [3.63, 3.8) is 0 Å². The molecule has 2 aliphatic rings. The van der Waals surface area contributed by atoms with E-state index in [9.17, 15) is 0 Å². The fourth-order valence-corrected chi connectivity index (χ4v) is 2.54. The van der Waals surface area contributed by atoms with Crippen molar-refractivity contribution in [1.82, 2.24) is 4.90 Å². The first-order valence-corrected chi connectivity index (χ1v) is 5.90. The van der Waals surface area contributed by atoms with Gasteiger partial charge in [-0.15, -0.1) is 0 Å². The Labute approximate surface area is 91.7 Å². The highest BCUT2D eigenvalue weighted by molar-refractivity contribution is 4.86. The van der Waals surface area contributed by atoms with E-state index in [1.54, 1.807) is 7.11 Å². The molecule has 15 heavy (non-hydrogen) atoms. The Hall–Kier alpha value is -0.160. The first-order chi connectivity index (χ1) is 7.28. The summed E-state index contributed by atoms with van der Waals surface area (Å²) in [4.78, 5) is 2.45. The molecule has 2 bridgehead atoms. The third-order valence-electron chi connectivity index (χ3n) is 3.30. The molecule has 88 valence electrons. The average molecular weight is 214 g/mol. The standard InChI is InChI=1S/C11H22N2O2/c1-14-5-4-9(12)6-13-7-10-2-3-11(8-13)15-10/h9-11H,2-8,12H2,1H3. The van der Waals surface area contributed by atoms with Gasteiger partial charge in [0, 0.05) is 39.4 Å². The number of ether oxygens (including phenoxy) is 2. The van der Waals surface area contributed by atoms with Gasteiger partial charge >= 0.3 is 0 Å². The Kier molecular flexibility index (Phi) is 3.97. The number of fused-ring (bicyclic) bond motifs is 2. The molecule has 0 aromatic carbocycles. The summed E-state index contributed by atoms with van der Waals surface area (Å²) >= 11 is 0. The van der Waals surface area contributed by atoms with Crippen molar-refractivity contribution in [2.75, 3.05) is 33.4 Å². The summed E-state index contributed by atoms with van der Waals surface area (Å²) < 4.78 is 10.8. The molecule has 4 heteroatoms. The predicted octanol–water partition coefficient (Wildman–Crippen LogP) is 0.213. The van der Waals surface area contributed by atoms with E-state index < -0.39 is 0 Å². The van der Waals surface area contributed by atoms with Gasteiger partial charge in [0.2, 0.25) is 0 Å².